The summed E-state index contributed by atoms with van der Waals surface area (Å²) in [6.45, 7) is 0. The maximum absolute atomic E-state index is 13.9. The zero-order chi connectivity index (χ0) is 12.5. The molecule has 88 valence electrons. The van der Waals surface area contributed by atoms with Gasteiger partial charge in [-0.25, -0.2) is 4.39 Å². The Morgan fingerprint density at radius 3 is 2.61 bits per heavy atom. The molecule has 0 aliphatic heterocycles. The largest absolute Gasteiger partial charge is 0.316 e. The number of benzene rings is 1. The van der Waals surface area contributed by atoms with Crippen molar-refractivity contribution in [2.45, 2.75) is 0 Å². The van der Waals surface area contributed by atoms with Crippen LogP contribution >= 0.6 is 0 Å². The van der Waals surface area contributed by atoms with Crippen molar-refractivity contribution < 1.29 is 9.18 Å². The Morgan fingerprint density at radius 2 is 1.83 bits per heavy atom. The van der Waals surface area contributed by atoms with Gasteiger partial charge in [0.1, 0.15) is 5.82 Å². The first-order valence-corrected chi connectivity index (χ1v) is 5.61. The number of fused-ring (bicyclic) bond motifs is 1. The molecule has 2 aromatic heterocycles. The van der Waals surface area contributed by atoms with E-state index in [4.69, 9.17) is 0 Å². The number of pyridine rings is 1. The smallest absolute Gasteiger partial charge is 0.152 e. The monoisotopic (exact) mass is 239 g/mol. The maximum atomic E-state index is 13.9. The number of hydrogen-bond donors (Lipinski definition) is 0. The molecule has 0 fully saturated rings. The fourth-order valence-electron chi connectivity index (χ4n) is 2.17. The lowest BCUT2D eigenvalue weighted by Crippen LogP contribution is -1.92. The fraction of sp³-hybridized carbons (Fsp3) is 0. The standard InChI is InChI=1S/C15H10FNO/c16-14-7-2-1-6-13(14)15-11(10-18)9-12-5-3-4-8-17(12)15/h1-10H. The van der Waals surface area contributed by atoms with E-state index >= 15 is 0 Å². The predicted octanol–water partition coefficient (Wildman–Crippen LogP) is 3.56. The Labute approximate surface area is 103 Å². The van der Waals surface area contributed by atoms with Crippen molar-refractivity contribution in [2.24, 2.45) is 0 Å². The quantitative estimate of drug-likeness (QED) is 0.626. The molecule has 0 atom stereocenters. The van der Waals surface area contributed by atoms with Gasteiger partial charge in [-0.1, -0.05) is 18.2 Å². The molecular formula is C15H10FNO. The molecule has 0 aliphatic carbocycles. The first kappa shape index (κ1) is 10.7. The average Bonchev–Trinajstić information content (AvgIpc) is 2.78. The van der Waals surface area contributed by atoms with Crippen LogP contribution in [0.3, 0.4) is 0 Å². The summed E-state index contributed by atoms with van der Waals surface area (Å²) < 4.78 is 15.7. The lowest BCUT2D eigenvalue weighted by molar-refractivity contribution is 0.112. The zero-order valence-corrected chi connectivity index (χ0v) is 9.51. The van der Waals surface area contributed by atoms with E-state index < -0.39 is 0 Å². The second kappa shape index (κ2) is 4.11. The summed E-state index contributed by atoms with van der Waals surface area (Å²) in [5, 5.41) is 0. The molecule has 0 saturated heterocycles. The minimum atomic E-state index is -0.329. The Morgan fingerprint density at radius 1 is 1.06 bits per heavy atom. The van der Waals surface area contributed by atoms with Crippen LogP contribution in [0.4, 0.5) is 4.39 Å². The molecule has 2 heterocycles. The van der Waals surface area contributed by atoms with Crippen molar-refractivity contribution in [2.75, 3.05) is 0 Å². The summed E-state index contributed by atoms with van der Waals surface area (Å²) >= 11 is 0. The van der Waals surface area contributed by atoms with Crippen LogP contribution in [-0.4, -0.2) is 10.7 Å². The molecule has 2 nitrogen and oxygen atoms in total. The molecule has 3 aromatic rings. The van der Waals surface area contributed by atoms with Gasteiger partial charge in [-0.15, -0.1) is 0 Å². The molecule has 0 saturated carbocycles. The first-order chi connectivity index (χ1) is 8.81. The highest BCUT2D eigenvalue weighted by atomic mass is 19.1. The Hall–Kier alpha value is -2.42. The SMILES string of the molecule is O=Cc1cc2ccccn2c1-c1ccccc1F. The van der Waals surface area contributed by atoms with Crippen LogP contribution in [0, 0.1) is 5.82 Å². The van der Waals surface area contributed by atoms with Crippen LogP contribution in [0.2, 0.25) is 0 Å². The van der Waals surface area contributed by atoms with Gasteiger partial charge in [0.25, 0.3) is 0 Å². The molecule has 0 amide bonds. The molecule has 1 aromatic carbocycles. The number of carbonyl (C=O) groups excluding carboxylic acids is 1. The van der Waals surface area contributed by atoms with Gasteiger partial charge in [0.2, 0.25) is 0 Å². The topological polar surface area (TPSA) is 21.5 Å². The normalized spacial score (nSPS) is 10.7. The van der Waals surface area contributed by atoms with E-state index in [-0.39, 0.29) is 5.82 Å². The molecule has 0 spiro atoms. The highest BCUT2D eigenvalue weighted by Gasteiger charge is 2.14. The van der Waals surface area contributed by atoms with Crippen molar-refractivity contribution in [1.82, 2.24) is 4.40 Å². The van der Waals surface area contributed by atoms with Crippen LogP contribution in [-0.2, 0) is 0 Å². The number of hydrogen-bond acceptors (Lipinski definition) is 1. The van der Waals surface area contributed by atoms with Crippen LogP contribution in [0.1, 0.15) is 10.4 Å². The molecule has 0 N–H and O–H groups in total. The predicted molar refractivity (Wildman–Crippen MR) is 68.2 cm³/mol. The number of carbonyl (C=O) groups is 1. The van der Waals surface area contributed by atoms with E-state index in [2.05, 4.69) is 0 Å². The lowest BCUT2D eigenvalue weighted by atomic mass is 10.1. The molecule has 0 aliphatic rings. The number of aldehydes is 1. The molecule has 0 unspecified atom stereocenters. The van der Waals surface area contributed by atoms with E-state index in [9.17, 15) is 9.18 Å². The van der Waals surface area contributed by atoms with Crippen LogP contribution in [0.5, 0.6) is 0 Å². The van der Waals surface area contributed by atoms with Gasteiger partial charge in [-0.2, -0.15) is 0 Å². The van der Waals surface area contributed by atoms with Gasteiger partial charge in [0.05, 0.1) is 5.69 Å². The second-order valence-corrected chi connectivity index (χ2v) is 4.04. The van der Waals surface area contributed by atoms with Gasteiger partial charge in [0.15, 0.2) is 6.29 Å². The van der Waals surface area contributed by atoms with Gasteiger partial charge >= 0.3 is 0 Å². The number of rotatable bonds is 2. The molecule has 0 bridgehead atoms. The molecule has 3 heteroatoms. The third-order valence-corrected chi connectivity index (χ3v) is 2.97. The van der Waals surface area contributed by atoms with E-state index in [1.54, 1.807) is 24.3 Å². The number of halogens is 1. The Balaban J connectivity index is 2.41. The van der Waals surface area contributed by atoms with Crippen molar-refractivity contribution in [3.05, 3.63) is 66.1 Å². The van der Waals surface area contributed by atoms with Crippen LogP contribution in [0.15, 0.2) is 54.7 Å². The zero-order valence-electron chi connectivity index (χ0n) is 9.51. The molecule has 3 rings (SSSR count). The minimum absolute atomic E-state index is 0.329. The van der Waals surface area contributed by atoms with Gasteiger partial charge in [-0.3, -0.25) is 4.79 Å². The summed E-state index contributed by atoms with van der Waals surface area (Å²) in [6, 6.07) is 13.8. The Bertz CT molecular complexity index is 730. The minimum Gasteiger partial charge on any atom is -0.316 e. The second-order valence-electron chi connectivity index (χ2n) is 4.04. The lowest BCUT2D eigenvalue weighted by Gasteiger charge is -2.05. The van der Waals surface area contributed by atoms with Crippen molar-refractivity contribution in [1.29, 1.82) is 0 Å². The summed E-state index contributed by atoms with van der Waals surface area (Å²) in [6.07, 6.45) is 2.58. The summed E-state index contributed by atoms with van der Waals surface area (Å²) in [4.78, 5) is 11.1. The number of aromatic nitrogens is 1. The van der Waals surface area contributed by atoms with Gasteiger partial charge in [0, 0.05) is 22.8 Å². The highest BCUT2D eigenvalue weighted by molar-refractivity contribution is 5.90. The van der Waals surface area contributed by atoms with Crippen LogP contribution < -0.4 is 0 Å². The van der Waals surface area contributed by atoms with Crippen molar-refractivity contribution in [3.8, 4) is 11.3 Å². The van der Waals surface area contributed by atoms with E-state index in [1.807, 2.05) is 28.8 Å². The average molecular weight is 239 g/mol. The third kappa shape index (κ3) is 1.52. The van der Waals surface area contributed by atoms with E-state index in [0.29, 0.717) is 16.8 Å². The van der Waals surface area contributed by atoms with Gasteiger partial charge < -0.3 is 4.40 Å². The van der Waals surface area contributed by atoms with Crippen molar-refractivity contribution >= 4 is 11.8 Å². The summed E-state index contributed by atoms with van der Waals surface area (Å²) in [5.74, 6) is -0.329. The van der Waals surface area contributed by atoms with E-state index in [1.165, 1.54) is 6.07 Å². The van der Waals surface area contributed by atoms with Gasteiger partial charge in [-0.05, 0) is 30.3 Å². The molecule has 0 radical (unpaired) electrons. The van der Waals surface area contributed by atoms with Crippen molar-refractivity contribution in [3.63, 3.8) is 0 Å². The first-order valence-electron chi connectivity index (χ1n) is 5.61. The summed E-state index contributed by atoms with van der Waals surface area (Å²) in [5.41, 5.74) is 2.40. The van der Waals surface area contributed by atoms with E-state index in [0.717, 1.165) is 11.8 Å². The third-order valence-electron chi connectivity index (χ3n) is 2.97. The maximum Gasteiger partial charge on any atom is 0.152 e. The highest BCUT2D eigenvalue weighted by Crippen LogP contribution is 2.28. The number of nitrogens with zero attached hydrogens (tertiary/aromatic N) is 1. The summed E-state index contributed by atoms with van der Waals surface area (Å²) in [7, 11) is 0. The molecule has 18 heavy (non-hydrogen) atoms. The molecular weight excluding hydrogens is 229 g/mol. The van der Waals surface area contributed by atoms with Crippen LogP contribution in [0.25, 0.3) is 16.8 Å². The Kier molecular flexibility index (Phi) is 2.45. The fourth-order valence-corrected chi connectivity index (χ4v) is 2.17.